The van der Waals surface area contributed by atoms with Gasteiger partial charge in [-0.1, -0.05) is 24.3 Å². The predicted molar refractivity (Wildman–Crippen MR) is 70.6 cm³/mol. The highest BCUT2D eigenvalue weighted by Gasteiger charge is 2.30. The number of hydrogen-bond acceptors (Lipinski definition) is 2. The zero-order chi connectivity index (χ0) is 12.7. The van der Waals surface area contributed by atoms with Crippen LogP contribution in [0.25, 0.3) is 11.1 Å². The summed E-state index contributed by atoms with van der Waals surface area (Å²) in [5.41, 5.74) is 5.15. The Morgan fingerprint density at radius 3 is 2.39 bits per heavy atom. The summed E-state index contributed by atoms with van der Waals surface area (Å²) in [5, 5.41) is 7.18. The van der Waals surface area contributed by atoms with Gasteiger partial charge in [-0.25, -0.2) is 0 Å². The molecule has 1 aliphatic rings. The summed E-state index contributed by atoms with van der Waals surface area (Å²) < 4.78 is 0. The molecule has 3 heteroatoms. The summed E-state index contributed by atoms with van der Waals surface area (Å²) in [6.07, 6.45) is 2.11. The van der Waals surface area contributed by atoms with Gasteiger partial charge in [-0.3, -0.25) is 9.89 Å². The predicted octanol–water partition coefficient (Wildman–Crippen LogP) is 3.29. The number of carbonyl (C=O) groups excluding carboxylic acids is 1. The maximum absolute atomic E-state index is 11.9. The molecule has 18 heavy (non-hydrogen) atoms. The van der Waals surface area contributed by atoms with E-state index in [1.807, 2.05) is 38.1 Å². The number of aryl methyl sites for hydroxylation is 2. The molecule has 92 valence electrons. The summed E-state index contributed by atoms with van der Waals surface area (Å²) in [6, 6.07) is 7.89. The van der Waals surface area contributed by atoms with Gasteiger partial charge in [0.15, 0.2) is 5.78 Å². The Morgan fingerprint density at radius 1 is 1.22 bits per heavy atom. The molecule has 0 amide bonds. The molecule has 2 aromatic rings. The van der Waals surface area contributed by atoms with Crippen LogP contribution in [0.3, 0.4) is 0 Å². The van der Waals surface area contributed by atoms with E-state index in [2.05, 4.69) is 10.2 Å². The zero-order valence-corrected chi connectivity index (χ0v) is 10.7. The smallest absolute Gasteiger partial charge is 0.165 e. The number of aromatic amines is 1. The molecule has 0 bridgehead atoms. The molecule has 0 spiro atoms. The number of Topliss-reactive ketones (excluding diaryl/α,β-unsaturated/α-hetero) is 1. The van der Waals surface area contributed by atoms with Crippen molar-refractivity contribution in [3.05, 3.63) is 41.2 Å². The number of nitrogens with one attached hydrogen (secondary N) is 1. The Morgan fingerprint density at radius 2 is 1.89 bits per heavy atom. The van der Waals surface area contributed by atoms with Gasteiger partial charge in [0.05, 0.1) is 5.69 Å². The van der Waals surface area contributed by atoms with Crippen LogP contribution in [0.2, 0.25) is 0 Å². The summed E-state index contributed by atoms with van der Waals surface area (Å²) in [6.45, 7) is 4.00. The van der Waals surface area contributed by atoms with Gasteiger partial charge in [-0.2, -0.15) is 5.10 Å². The Kier molecular flexibility index (Phi) is 2.54. The van der Waals surface area contributed by atoms with E-state index in [0.29, 0.717) is 5.78 Å². The van der Waals surface area contributed by atoms with Gasteiger partial charge >= 0.3 is 0 Å². The van der Waals surface area contributed by atoms with E-state index < -0.39 is 0 Å². The van der Waals surface area contributed by atoms with Crippen molar-refractivity contribution in [2.75, 3.05) is 0 Å². The Hall–Kier alpha value is -1.90. The second kappa shape index (κ2) is 4.09. The van der Waals surface area contributed by atoms with Crippen molar-refractivity contribution in [2.24, 2.45) is 5.92 Å². The average Bonchev–Trinajstić information content (AvgIpc) is 3.16. The molecule has 0 atom stereocenters. The lowest BCUT2D eigenvalue weighted by Crippen LogP contribution is -2.00. The first-order valence-electron chi connectivity index (χ1n) is 6.33. The molecule has 0 radical (unpaired) electrons. The first-order valence-corrected chi connectivity index (χ1v) is 6.33. The van der Waals surface area contributed by atoms with E-state index >= 15 is 0 Å². The van der Waals surface area contributed by atoms with Crippen molar-refractivity contribution in [2.45, 2.75) is 26.7 Å². The average molecular weight is 240 g/mol. The Bertz CT molecular complexity index is 572. The van der Waals surface area contributed by atoms with E-state index in [1.54, 1.807) is 0 Å². The third kappa shape index (κ3) is 1.86. The van der Waals surface area contributed by atoms with Crippen molar-refractivity contribution in [3.63, 3.8) is 0 Å². The fraction of sp³-hybridized carbons (Fsp3) is 0.333. The molecule has 1 heterocycles. The van der Waals surface area contributed by atoms with Gasteiger partial charge in [0.2, 0.25) is 0 Å². The number of ketones is 1. The number of benzene rings is 1. The zero-order valence-electron chi connectivity index (χ0n) is 10.7. The Balaban J connectivity index is 1.93. The highest BCUT2D eigenvalue weighted by molar-refractivity contribution is 5.99. The molecule has 0 saturated heterocycles. The lowest BCUT2D eigenvalue weighted by atomic mass is 10.00. The van der Waals surface area contributed by atoms with Gasteiger partial charge in [0.1, 0.15) is 0 Å². The maximum atomic E-state index is 11.9. The molecule has 1 fully saturated rings. The fourth-order valence-corrected chi connectivity index (χ4v) is 2.36. The summed E-state index contributed by atoms with van der Waals surface area (Å²) in [5.74, 6) is 0.579. The molecular weight excluding hydrogens is 224 g/mol. The second-order valence-electron chi connectivity index (χ2n) is 5.02. The summed E-state index contributed by atoms with van der Waals surface area (Å²) >= 11 is 0. The second-order valence-corrected chi connectivity index (χ2v) is 5.02. The number of nitrogens with zero attached hydrogens (tertiary/aromatic N) is 1. The number of carbonyl (C=O) groups is 1. The van der Waals surface area contributed by atoms with Crippen LogP contribution in [0.15, 0.2) is 24.3 Å². The normalized spacial score (nSPS) is 14.8. The van der Waals surface area contributed by atoms with Crippen LogP contribution in [0, 0.1) is 19.8 Å². The minimum absolute atomic E-state index is 0.285. The minimum Gasteiger partial charge on any atom is -0.294 e. The van der Waals surface area contributed by atoms with Gasteiger partial charge in [-0.05, 0) is 32.3 Å². The molecular formula is C15H16N2O. The number of rotatable bonds is 3. The largest absolute Gasteiger partial charge is 0.294 e. The van der Waals surface area contributed by atoms with Gasteiger partial charge in [-0.15, -0.1) is 0 Å². The lowest BCUT2D eigenvalue weighted by molar-refractivity contribution is 0.0967. The van der Waals surface area contributed by atoms with E-state index in [-0.39, 0.29) is 5.92 Å². The maximum Gasteiger partial charge on any atom is 0.165 e. The third-order valence-corrected chi connectivity index (χ3v) is 3.53. The SMILES string of the molecule is Cc1n[nH]c(C)c1-c1ccc(C(=O)C2CC2)cc1. The third-order valence-electron chi connectivity index (χ3n) is 3.53. The van der Waals surface area contributed by atoms with Crippen LogP contribution >= 0.6 is 0 Å². The van der Waals surface area contributed by atoms with Crippen LogP contribution in [-0.4, -0.2) is 16.0 Å². The topological polar surface area (TPSA) is 45.8 Å². The van der Waals surface area contributed by atoms with Crippen LogP contribution in [0.1, 0.15) is 34.6 Å². The van der Waals surface area contributed by atoms with E-state index in [9.17, 15) is 4.79 Å². The molecule has 3 nitrogen and oxygen atoms in total. The number of aromatic nitrogens is 2. The van der Waals surface area contributed by atoms with E-state index in [1.165, 1.54) is 0 Å². The quantitative estimate of drug-likeness (QED) is 0.837. The van der Waals surface area contributed by atoms with Crippen LogP contribution in [0.5, 0.6) is 0 Å². The van der Waals surface area contributed by atoms with Crippen molar-refractivity contribution in [3.8, 4) is 11.1 Å². The van der Waals surface area contributed by atoms with Crippen molar-refractivity contribution < 1.29 is 4.79 Å². The van der Waals surface area contributed by atoms with Gasteiger partial charge in [0, 0.05) is 22.7 Å². The van der Waals surface area contributed by atoms with Crippen LogP contribution < -0.4 is 0 Å². The Labute approximate surface area is 106 Å². The number of H-pyrrole nitrogens is 1. The fourth-order valence-electron chi connectivity index (χ4n) is 2.36. The minimum atomic E-state index is 0.285. The van der Waals surface area contributed by atoms with Crippen LogP contribution in [-0.2, 0) is 0 Å². The molecule has 1 N–H and O–H groups in total. The molecule has 0 unspecified atom stereocenters. The monoisotopic (exact) mass is 240 g/mol. The van der Waals surface area contributed by atoms with Crippen molar-refractivity contribution in [1.29, 1.82) is 0 Å². The van der Waals surface area contributed by atoms with Crippen molar-refractivity contribution in [1.82, 2.24) is 10.2 Å². The first kappa shape index (κ1) is 11.2. The van der Waals surface area contributed by atoms with Gasteiger partial charge in [0.25, 0.3) is 0 Å². The highest BCUT2D eigenvalue weighted by atomic mass is 16.1. The standard InChI is InChI=1S/C15H16N2O/c1-9-14(10(2)17-16-9)11-3-5-12(6-4-11)15(18)13-7-8-13/h3-6,13H,7-8H2,1-2H3,(H,16,17). The molecule has 1 saturated carbocycles. The molecule has 3 rings (SSSR count). The van der Waals surface area contributed by atoms with E-state index in [4.69, 9.17) is 0 Å². The van der Waals surface area contributed by atoms with Crippen LogP contribution in [0.4, 0.5) is 0 Å². The first-order chi connectivity index (χ1) is 8.66. The molecule has 1 aromatic heterocycles. The molecule has 0 aliphatic heterocycles. The van der Waals surface area contributed by atoms with Gasteiger partial charge < -0.3 is 0 Å². The summed E-state index contributed by atoms with van der Waals surface area (Å²) in [4.78, 5) is 11.9. The highest BCUT2D eigenvalue weighted by Crippen LogP contribution is 2.33. The molecule has 1 aliphatic carbocycles. The lowest BCUT2D eigenvalue weighted by Gasteiger charge is -2.03. The van der Waals surface area contributed by atoms with Crippen molar-refractivity contribution >= 4 is 5.78 Å². The summed E-state index contributed by atoms with van der Waals surface area (Å²) in [7, 11) is 0. The molecule has 1 aromatic carbocycles. The van der Waals surface area contributed by atoms with E-state index in [0.717, 1.165) is 40.9 Å². The number of hydrogen-bond donors (Lipinski definition) is 1.